The van der Waals surface area contributed by atoms with Crippen LogP contribution < -0.4 is 5.32 Å². The first-order valence-corrected chi connectivity index (χ1v) is 6.62. The Hall–Kier alpha value is -2.77. The lowest BCUT2D eigenvalue weighted by molar-refractivity contribution is 0.0588. The number of esters is 2. The van der Waals surface area contributed by atoms with Crippen LogP contribution in [-0.4, -0.2) is 43.0 Å². The molecule has 0 saturated heterocycles. The molecule has 0 spiro atoms. The minimum absolute atomic E-state index is 0.0447. The fourth-order valence-corrected chi connectivity index (χ4v) is 1.64. The predicted molar refractivity (Wildman–Crippen MR) is 80.6 cm³/mol. The highest BCUT2D eigenvalue weighted by Crippen LogP contribution is 2.31. The molecule has 8 heteroatoms. The molecule has 1 rings (SSSR count). The van der Waals surface area contributed by atoms with Crippen molar-refractivity contribution >= 4 is 23.7 Å². The lowest BCUT2D eigenvalue weighted by Crippen LogP contribution is -2.27. The van der Waals surface area contributed by atoms with E-state index in [2.05, 4.69) is 14.8 Å². The maximum absolute atomic E-state index is 11.8. The molecule has 0 bridgehead atoms. The third-order valence-corrected chi connectivity index (χ3v) is 2.57. The zero-order valence-electron chi connectivity index (χ0n) is 13.6. The summed E-state index contributed by atoms with van der Waals surface area (Å²) in [6.45, 7) is 4.99. The molecule has 0 aromatic heterocycles. The summed E-state index contributed by atoms with van der Waals surface area (Å²) in [6, 6.07) is 2.27. The largest absolute Gasteiger partial charge is 0.505 e. The van der Waals surface area contributed by atoms with Crippen LogP contribution >= 0.6 is 0 Å². The molecule has 1 aromatic carbocycles. The summed E-state index contributed by atoms with van der Waals surface area (Å²) in [7, 11) is 2.28. The summed E-state index contributed by atoms with van der Waals surface area (Å²) < 4.78 is 14.2. The second-order valence-electron chi connectivity index (χ2n) is 5.53. The van der Waals surface area contributed by atoms with E-state index in [1.807, 2.05) is 0 Å². The molecular formula is C15H19NO7. The highest BCUT2D eigenvalue weighted by molar-refractivity contribution is 6.01. The van der Waals surface area contributed by atoms with Crippen LogP contribution in [0.25, 0.3) is 0 Å². The van der Waals surface area contributed by atoms with Gasteiger partial charge in [0.15, 0.2) is 5.75 Å². The molecule has 0 heterocycles. The normalized spacial score (nSPS) is 10.7. The summed E-state index contributed by atoms with van der Waals surface area (Å²) in [4.78, 5) is 35.1. The van der Waals surface area contributed by atoms with Crippen LogP contribution in [0, 0.1) is 0 Å². The van der Waals surface area contributed by atoms with Crippen LogP contribution in [0.15, 0.2) is 12.1 Å². The van der Waals surface area contributed by atoms with Gasteiger partial charge in [0.1, 0.15) is 11.2 Å². The number of methoxy groups -OCH3 is 2. The van der Waals surface area contributed by atoms with E-state index >= 15 is 0 Å². The first kappa shape index (κ1) is 18.3. The lowest BCUT2D eigenvalue weighted by Gasteiger charge is -2.20. The maximum Gasteiger partial charge on any atom is 0.412 e. The van der Waals surface area contributed by atoms with E-state index in [9.17, 15) is 19.5 Å². The summed E-state index contributed by atoms with van der Waals surface area (Å²) in [5, 5.41) is 12.4. The Bertz CT molecular complexity index is 631. The number of aromatic hydroxyl groups is 1. The smallest absolute Gasteiger partial charge is 0.412 e. The molecule has 1 aromatic rings. The Labute approximate surface area is 133 Å². The van der Waals surface area contributed by atoms with Crippen molar-refractivity contribution in [3.05, 3.63) is 23.3 Å². The summed E-state index contributed by atoms with van der Waals surface area (Å²) in [5.41, 5.74) is -1.27. The Morgan fingerprint density at radius 3 is 2.09 bits per heavy atom. The first-order chi connectivity index (χ1) is 10.6. The third-order valence-electron chi connectivity index (χ3n) is 2.57. The van der Waals surface area contributed by atoms with Gasteiger partial charge in [0.25, 0.3) is 0 Å². The van der Waals surface area contributed by atoms with E-state index in [0.717, 1.165) is 26.4 Å². The number of carbonyl (C=O) groups is 3. The number of hydrogen-bond donors (Lipinski definition) is 2. The highest BCUT2D eigenvalue weighted by atomic mass is 16.6. The van der Waals surface area contributed by atoms with Crippen molar-refractivity contribution in [1.29, 1.82) is 0 Å². The summed E-state index contributed by atoms with van der Waals surface area (Å²) >= 11 is 0. The number of phenolic OH excluding ortho intramolecular Hbond substituents is 1. The minimum Gasteiger partial charge on any atom is -0.505 e. The van der Waals surface area contributed by atoms with Gasteiger partial charge in [-0.25, -0.2) is 14.4 Å². The third kappa shape index (κ3) is 4.87. The zero-order valence-corrected chi connectivity index (χ0v) is 13.6. The van der Waals surface area contributed by atoms with Gasteiger partial charge < -0.3 is 19.3 Å². The molecule has 0 radical (unpaired) electrons. The monoisotopic (exact) mass is 325 g/mol. The first-order valence-electron chi connectivity index (χ1n) is 6.62. The van der Waals surface area contributed by atoms with E-state index in [1.165, 1.54) is 0 Å². The van der Waals surface area contributed by atoms with E-state index in [-0.39, 0.29) is 16.8 Å². The van der Waals surface area contributed by atoms with Crippen molar-refractivity contribution in [2.45, 2.75) is 26.4 Å². The molecule has 0 aliphatic rings. The number of benzene rings is 1. The number of carbonyl (C=O) groups excluding carboxylic acids is 3. The highest BCUT2D eigenvalue weighted by Gasteiger charge is 2.23. The van der Waals surface area contributed by atoms with Crippen molar-refractivity contribution in [3.8, 4) is 5.75 Å². The lowest BCUT2D eigenvalue weighted by atomic mass is 10.1. The quantitative estimate of drug-likeness (QED) is 0.498. The Kier molecular flexibility index (Phi) is 5.56. The number of nitrogens with one attached hydrogen (secondary N) is 1. The SMILES string of the molecule is COC(=O)c1cc(NC(=O)OC(C)(C)C)c(O)c(C(=O)OC)c1. The van der Waals surface area contributed by atoms with Gasteiger partial charge in [0, 0.05) is 0 Å². The van der Waals surface area contributed by atoms with Gasteiger partial charge in [-0.05, 0) is 32.9 Å². The van der Waals surface area contributed by atoms with Crippen molar-refractivity contribution in [2.24, 2.45) is 0 Å². The molecule has 0 fully saturated rings. The Morgan fingerprint density at radius 1 is 1.04 bits per heavy atom. The van der Waals surface area contributed by atoms with Crippen LogP contribution in [0.3, 0.4) is 0 Å². The molecule has 2 N–H and O–H groups in total. The van der Waals surface area contributed by atoms with Crippen LogP contribution in [-0.2, 0) is 14.2 Å². The standard InChI is InChI=1S/C15H19NO7/c1-15(2,3)23-14(20)16-10-7-8(12(18)21-4)6-9(11(10)17)13(19)22-5/h6-7,17H,1-5H3,(H,16,20). The topological polar surface area (TPSA) is 111 Å². The number of hydrogen-bond acceptors (Lipinski definition) is 7. The fraction of sp³-hybridized carbons (Fsp3) is 0.400. The molecular weight excluding hydrogens is 306 g/mol. The predicted octanol–water partition coefficient (Wildman–Crippen LogP) is 2.31. The maximum atomic E-state index is 11.8. The van der Waals surface area contributed by atoms with Crippen LogP contribution in [0.4, 0.5) is 10.5 Å². The fourth-order valence-electron chi connectivity index (χ4n) is 1.64. The van der Waals surface area contributed by atoms with Gasteiger partial charge in [-0.1, -0.05) is 0 Å². The summed E-state index contributed by atoms with van der Waals surface area (Å²) in [5.74, 6) is -2.17. The molecule has 0 aliphatic carbocycles. The van der Waals surface area contributed by atoms with Gasteiger partial charge in [0.05, 0.1) is 25.5 Å². The van der Waals surface area contributed by atoms with Crippen molar-refractivity contribution < 1.29 is 33.7 Å². The molecule has 0 atom stereocenters. The van der Waals surface area contributed by atoms with E-state index < -0.39 is 29.4 Å². The number of anilines is 1. The number of rotatable bonds is 3. The molecule has 23 heavy (non-hydrogen) atoms. The minimum atomic E-state index is -0.875. The van der Waals surface area contributed by atoms with Gasteiger partial charge in [-0.15, -0.1) is 0 Å². The van der Waals surface area contributed by atoms with E-state index in [4.69, 9.17) is 4.74 Å². The van der Waals surface area contributed by atoms with Gasteiger partial charge in [-0.3, -0.25) is 5.32 Å². The molecule has 8 nitrogen and oxygen atoms in total. The molecule has 1 amide bonds. The second-order valence-corrected chi connectivity index (χ2v) is 5.53. The molecule has 0 saturated carbocycles. The Balaban J connectivity index is 3.26. The van der Waals surface area contributed by atoms with E-state index in [1.54, 1.807) is 20.8 Å². The van der Waals surface area contributed by atoms with Crippen LogP contribution in [0.5, 0.6) is 5.75 Å². The second kappa shape index (κ2) is 6.99. The average molecular weight is 325 g/mol. The van der Waals surface area contributed by atoms with Crippen molar-refractivity contribution in [1.82, 2.24) is 0 Å². The summed E-state index contributed by atoms with van der Waals surface area (Å²) in [6.07, 6.45) is -0.856. The van der Waals surface area contributed by atoms with Crippen LogP contribution in [0.2, 0.25) is 0 Å². The molecule has 0 aliphatic heterocycles. The molecule has 0 unspecified atom stereocenters. The molecule has 126 valence electrons. The number of phenols is 1. The van der Waals surface area contributed by atoms with Gasteiger partial charge in [0.2, 0.25) is 0 Å². The number of amides is 1. The van der Waals surface area contributed by atoms with Crippen molar-refractivity contribution in [3.63, 3.8) is 0 Å². The van der Waals surface area contributed by atoms with Gasteiger partial charge >= 0.3 is 18.0 Å². The number of ether oxygens (including phenoxy) is 3. The van der Waals surface area contributed by atoms with Crippen LogP contribution in [0.1, 0.15) is 41.5 Å². The average Bonchev–Trinajstić information content (AvgIpc) is 2.45. The van der Waals surface area contributed by atoms with Gasteiger partial charge in [-0.2, -0.15) is 0 Å². The Morgan fingerprint density at radius 2 is 1.61 bits per heavy atom. The zero-order chi connectivity index (χ0) is 17.8. The van der Waals surface area contributed by atoms with E-state index in [0.29, 0.717) is 0 Å². The van der Waals surface area contributed by atoms with Crippen molar-refractivity contribution in [2.75, 3.05) is 19.5 Å².